The van der Waals surface area contributed by atoms with E-state index in [-0.39, 0.29) is 11.8 Å². The largest absolute Gasteiger partial charge is 0.392 e. The number of hydrogen-bond donors (Lipinski definition) is 2. The van der Waals surface area contributed by atoms with Crippen LogP contribution < -0.4 is 5.69 Å². The standard InChI is InChI=1S/C8H15N3O2S/c1-3-6(12)5-14-8-10-9-7(13)11(8)4-2/h6,12H,3-5H2,1-2H3,(H,9,13). The molecule has 1 aromatic rings. The summed E-state index contributed by atoms with van der Waals surface area (Å²) in [4.78, 5) is 11.2. The monoisotopic (exact) mass is 217 g/mol. The number of nitrogens with zero attached hydrogens (tertiary/aromatic N) is 2. The minimum absolute atomic E-state index is 0.194. The third-order valence-corrected chi connectivity index (χ3v) is 3.04. The SMILES string of the molecule is CCC(O)CSc1n[nH]c(=O)n1CC. The van der Waals surface area contributed by atoms with Crippen molar-refractivity contribution >= 4 is 11.8 Å². The predicted octanol–water partition coefficient (Wildman–Crippen LogP) is 0.454. The Hall–Kier alpha value is -0.750. The van der Waals surface area contributed by atoms with Crippen molar-refractivity contribution in [1.82, 2.24) is 14.8 Å². The Balaban J connectivity index is 2.62. The molecule has 0 spiro atoms. The molecule has 0 fully saturated rings. The molecule has 1 atom stereocenters. The van der Waals surface area contributed by atoms with E-state index in [4.69, 9.17) is 0 Å². The van der Waals surface area contributed by atoms with E-state index in [9.17, 15) is 9.90 Å². The van der Waals surface area contributed by atoms with Gasteiger partial charge in [0.25, 0.3) is 0 Å². The second-order valence-electron chi connectivity index (χ2n) is 2.93. The number of rotatable bonds is 5. The molecule has 0 saturated carbocycles. The topological polar surface area (TPSA) is 70.9 Å². The van der Waals surface area contributed by atoms with E-state index in [0.29, 0.717) is 23.9 Å². The summed E-state index contributed by atoms with van der Waals surface area (Å²) in [7, 11) is 0. The summed E-state index contributed by atoms with van der Waals surface area (Å²) in [6.45, 7) is 4.40. The van der Waals surface area contributed by atoms with E-state index in [1.54, 1.807) is 4.57 Å². The van der Waals surface area contributed by atoms with Gasteiger partial charge in [0.1, 0.15) is 0 Å². The van der Waals surface area contributed by atoms with Crippen molar-refractivity contribution < 1.29 is 5.11 Å². The maximum atomic E-state index is 11.2. The van der Waals surface area contributed by atoms with Gasteiger partial charge in [-0.25, -0.2) is 9.89 Å². The Morgan fingerprint density at radius 1 is 1.64 bits per heavy atom. The van der Waals surface area contributed by atoms with Crippen LogP contribution in [0.25, 0.3) is 0 Å². The van der Waals surface area contributed by atoms with E-state index >= 15 is 0 Å². The molecule has 0 aliphatic heterocycles. The van der Waals surface area contributed by atoms with Crippen LogP contribution in [0.4, 0.5) is 0 Å². The molecule has 1 rings (SSSR count). The van der Waals surface area contributed by atoms with Gasteiger partial charge in [-0.1, -0.05) is 18.7 Å². The fraction of sp³-hybridized carbons (Fsp3) is 0.750. The Bertz CT molecular complexity index is 334. The fourth-order valence-corrected chi connectivity index (χ4v) is 2.04. The average Bonchev–Trinajstić information content (AvgIpc) is 2.55. The smallest absolute Gasteiger partial charge is 0.343 e. The Morgan fingerprint density at radius 3 is 2.93 bits per heavy atom. The van der Waals surface area contributed by atoms with E-state index in [2.05, 4.69) is 10.2 Å². The fourth-order valence-electron chi connectivity index (χ4n) is 0.981. The van der Waals surface area contributed by atoms with Crippen molar-refractivity contribution in [2.45, 2.75) is 38.1 Å². The molecule has 5 nitrogen and oxygen atoms in total. The number of nitrogens with one attached hydrogen (secondary N) is 1. The van der Waals surface area contributed by atoms with E-state index in [0.717, 1.165) is 0 Å². The van der Waals surface area contributed by atoms with Crippen LogP contribution in [0.5, 0.6) is 0 Å². The third kappa shape index (κ3) is 2.62. The first kappa shape index (κ1) is 11.3. The number of aromatic nitrogens is 3. The number of H-pyrrole nitrogens is 1. The summed E-state index contributed by atoms with van der Waals surface area (Å²) >= 11 is 1.40. The molecule has 0 amide bonds. The summed E-state index contributed by atoms with van der Waals surface area (Å²) in [5, 5.41) is 16.2. The van der Waals surface area contributed by atoms with Gasteiger partial charge in [-0.3, -0.25) is 4.57 Å². The van der Waals surface area contributed by atoms with E-state index < -0.39 is 0 Å². The van der Waals surface area contributed by atoms with Crippen molar-refractivity contribution in [2.75, 3.05) is 5.75 Å². The minimum Gasteiger partial charge on any atom is -0.392 e. The lowest BCUT2D eigenvalue weighted by Crippen LogP contribution is -2.16. The number of hydrogen-bond acceptors (Lipinski definition) is 4. The van der Waals surface area contributed by atoms with Gasteiger partial charge in [0.05, 0.1) is 6.10 Å². The second kappa shape index (κ2) is 5.21. The lowest BCUT2D eigenvalue weighted by molar-refractivity contribution is 0.195. The van der Waals surface area contributed by atoms with Gasteiger partial charge >= 0.3 is 5.69 Å². The molecule has 6 heteroatoms. The predicted molar refractivity (Wildman–Crippen MR) is 55.5 cm³/mol. The molecule has 0 radical (unpaired) electrons. The van der Waals surface area contributed by atoms with Crippen molar-refractivity contribution in [3.05, 3.63) is 10.5 Å². The molecule has 0 saturated heterocycles. The summed E-state index contributed by atoms with van der Waals surface area (Å²) in [5.41, 5.74) is -0.194. The molecule has 0 aliphatic carbocycles. The van der Waals surface area contributed by atoms with Gasteiger partial charge in [-0.15, -0.1) is 5.10 Å². The van der Waals surface area contributed by atoms with E-state index in [1.165, 1.54) is 11.8 Å². The van der Waals surface area contributed by atoms with E-state index in [1.807, 2.05) is 13.8 Å². The van der Waals surface area contributed by atoms with Gasteiger partial charge in [0.15, 0.2) is 5.16 Å². The molecule has 0 bridgehead atoms. The lowest BCUT2D eigenvalue weighted by Gasteiger charge is -2.06. The molecule has 80 valence electrons. The highest BCUT2D eigenvalue weighted by Gasteiger charge is 2.09. The van der Waals surface area contributed by atoms with Crippen molar-refractivity contribution in [2.24, 2.45) is 0 Å². The number of aliphatic hydroxyl groups excluding tert-OH is 1. The van der Waals surface area contributed by atoms with Crippen LogP contribution in [-0.4, -0.2) is 31.7 Å². The Labute approximate surface area is 86.5 Å². The lowest BCUT2D eigenvalue weighted by atomic mass is 10.3. The van der Waals surface area contributed by atoms with Crippen LogP contribution in [0.2, 0.25) is 0 Å². The molecule has 0 aliphatic rings. The molecule has 2 N–H and O–H groups in total. The molecule has 1 heterocycles. The highest BCUT2D eigenvalue weighted by atomic mass is 32.2. The first-order chi connectivity index (χ1) is 6.69. The average molecular weight is 217 g/mol. The van der Waals surface area contributed by atoms with Crippen LogP contribution in [0.3, 0.4) is 0 Å². The molecular weight excluding hydrogens is 202 g/mol. The van der Waals surface area contributed by atoms with Crippen LogP contribution in [0.15, 0.2) is 9.95 Å². The highest BCUT2D eigenvalue weighted by Crippen LogP contribution is 2.14. The first-order valence-electron chi connectivity index (χ1n) is 4.65. The van der Waals surface area contributed by atoms with Crippen molar-refractivity contribution in [3.63, 3.8) is 0 Å². The third-order valence-electron chi connectivity index (χ3n) is 1.92. The van der Waals surface area contributed by atoms with Crippen molar-refractivity contribution in [3.8, 4) is 0 Å². The highest BCUT2D eigenvalue weighted by molar-refractivity contribution is 7.99. The van der Waals surface area contributed by atoms with Crippen LogP contribution in [0, 0.1) is 0 Å². The zero-order valence-corrected chi connectivity index (χ0v) is 9.17. The zero-order valence-electron chi connectivity index (χ0n) is 8.36. The van der Waals surface area contributed by atoms with Gasteiger partial charge in [0, 0.05) is 12.3 Å². The molecule has 1 aromatic heterocycles. The Kier molecular flexibility index (Phi) is 4.21. The van der Waals surface area contributed by atoms with Gasteiger partial charge in [0.2, 0.25) is 0 Å². The summed E-state index contributed by atoms with van der Waals surface area (Å²) in [5.74, 6) is 0.570. The molecular formula is C8H15N3O2S. The second-order valence-corrected chi connectivity index (χ2v) is 3.92. The van der Waals surface area contributed by atoms with Crippen LogP contribution in [-0.2, 0) is 6.54 Å². The number of aromatic amines is 1. The van der Waals surface area contributed by atoms with Gasteiger partial charge in [-0.2, -0.15) is 0 Å². The molecule has 1 unspecified atom stereocenters. The maximum absolute atomic E-state index is 11.2. The summed E-state index contributed by atoms with van der Waals surface area (Å²) in [6, 6.07) is 0. The summed E-state index contributed by atoms with van der Waals surface area (Å²) in [6.07, 6.45) is 0.380. The number of thioether (sulfide) groups is 1. The van der Waals surface area contributed by atoms with Crippen molar-refractivity contribution in [1.29, 1.82) is 0 Å². The molecule has 14 heavy (non-hydrogen) atoms. The summed E-state index contributed by atoms with van der Waals surface area (Å²) < 4.78 is 1.55. The minimum atomic E-state index is -0.336. The van der Waals surface area contributed by atoms with Crippen LogP contribution in [0.1, 0.15) is 20.3 Å². The normalized spacial score (nSPS) is 13.1. The Morgan fingerprint density at radius 2 is 2.36 bits per heavy atom. The van der Waals surface area contributed by atoms with Gasteiger partial charge in [-0.05, 0) is 13.3 Å². The first-order valence-corrected chi connectivity index (χ1v) is 5.63. The number of aliphatic hydroxyl groups is 1. The molecule has 0 aromatic carbocycles. The van der Waals surface area contributed by atoms with Crippen LogP contribution >= 0.6 is 11.8 Å². The quantitative estimate of drug-likeness (QED) is 0.703. The van der Waals surface area contributed by atoms with Gasteiger partial charge < -0.3 is 5.11 Å². The zero-order chi connectivity index (χ0) is 10.6. The maximum Gasteiger partial charge on any atom is 0.343 e.